The Hall–Kier alpha value is -5.28. The van der Waals surface area contributed by atoms with E-state index in [1.165, 1.54) is 17.2 Å². The number of imide groups is 2. The van der Waals surface area contributed by atoms with Crippen molar-refractivity contribution < 1.29 is 23.9 Å². The molecule has 5 aromatic rings. The van der Waals surface area contributed by atoms with Gasteiger partial charge >= 0.3 is 6.03 Å². The van der Waals surface area contributed by atoms with Gasteiger partial charge in [0.05, 0.1) is 27.4 Å². The smallest absolute Gasteiger partial charge is 0.335 e. The van der Waals surface area contributed by atoms with E-state index in [2.05, 4.69) is 34.5 Å². The van der Waals surface area contributed by atoms with Crippen molar-refractivity contribution in [1.29, 1.82) is 0 Å². The minimum Gasteiger partial charge on any atom is -0.490 e. The van der Waals surface area contributed by atoms with Crippen LogP contribution in [0.2, 0.25) is 15.1 Å². The summed E-state index contributed by atoms with van der Waals surface area (Å²) in [5, 5.41) is 3.43. The van der Waals surface area contributed by atoms with E-state index < -0.39 is 17.8 Å². The van der Waals surface area contributed by atoms with E-state index in [1.54, 1.807) is 30.3 Å². The predicted molar refractivity (Wildman–Crippen MR) is 217 cm³/mol. The van der Waals surface area contributed by atoms with Crippen molar-refractivity contribution in [2.45, 2.75) is 38.2 Å². The summed E-state index contributed by atoms with van der Waals surface area (Å²) < 4.78 is 11.9. The van der Waals surface area contributed by atoms with Crippen molar-refractivity contribution in [3.63, 3.8) is 0 Å². The largest absolute Gasteiger partial charge is 0.490 e. The van der Waals surface area contributed by atoms with Gasteiger partial charge in [-0.05, 0) is 95.6 Å². The van der Waals surface area contributed by atoms with Crippen LogP contribution >= 0.6 is 34.8 Å². The summed E-state index contributed by atoms with van der Waals surface area (Å²) in [4.78, 5) is 45.0. The maximum atomic E-state index is 14.4. The van der Waals surface area contributed by atoms with Crippen LogP contribution < -0.4 is 24.6 Å². The fourth-order valence-corrected chi connectivity index (χ4v) is 8.48. The number of anilines is 2. The molecule has 3 aliphatic heterocycles. The molecule has 0 unspecified atom stereocenters. The molecule has 11 heteroatoms. The summed E-state index contributed by atoms with van der Waals surface area (Å²) in [5.74, 6) is -0.851. The molecule has 0 radical (unpaired) electrons. The van der Waals surface area contributed by atoms with Crippen molar-refractivity contribution in [1.82, 2.24) is 5.32 Å². The predicted octanol–water partition coefficient (Wildman–Crippen LogP) is 10.2. The second-order valence-corrected chi connectivity index (χ2v) is 14.9. The Morgan fingerprint density at radius 2 is 1.38 bits per heavy atom. The number of carbonyl (C=O) groups excluding carboxylic acids is 3. The molecule has 0 bridgehead atoms. The molecule has 3 aliphatic rings. The molecule has 0 spiro atoms. The summed E-state index contributed by atoms with van der Waals surface area (Å²) in [7, 11) is 0. The minimum atomic E-state index is -0.811. The van der Waals surface area contributed by atoms with E-state index in [1.807, 2.05) is 55.5 Å². The van der Waals surface area contributed by atoms with Gasteiger partial charge < -0.3 is 14.4 Å². The zero-order chi connectivity index (χ0) is 38.2. The highest BCUT2D eigenvalue weighted by Crippen LogP contribution is 2.50. The van der Waals surface area contributed by atoms with E-state index in [-0.39, 0.29) is 34.8 Å². The zero-order valence-corrected chi connectivity index (χ0v) is 32.1. The average molecular weight is 793 g/mol. The highest BCUT2D eigenvalue weighted by atomic mass is 35.5. The molecule has 0 saturated carbocycles. The number of barbiturate groups is 1. The van der Waals surface area contributed by atoms with Gasteiger partial charge in [0.25, 0.3) is 11.8 Å². The number of urea groups is 1. The first kappa shape index (κ1) is 36.7. The van der Waals surface area contributed by atoms with Gasteiger partial charge in [0.15, 0.2) is 11.5 Å². The molecule has 4 amide bonds. The molecule has 1 saturated heterocycles. The van der Waals surface area contributed by atoms with Crippen molar-refractivity contribution in [3.05, 3.63) is 157 Å². The molecular formula is C44H36Cl3N3O5. The maximum Gasteiger partial charge on any atom is 0.335 e. The van der Waals surface area contributed by atoms with Crippen LogP contribution in [-0.2, 0) is 16.2 Å². The van der Waals surface area contributed by atoms with E-state index in [4.69, 9.17) is 44.3 Å². The van der Waals surface area contributed by atoms with Gasteiger partial charge in [-0.2, -0.15) is 0 Å². The standard InChI is InChI=1S/C44H36Cl3N3O5/c1-2-54-39-22-27(21-38(47)41(39)55-25-26-13-14-36(45)37(46)20-26)19-35-42(51)48-44(53)50(43(35)52)30-23-33-31(28-9-5-3-6-10-28)15-17-49-18-16-32(34(24-30)40(33)49)29-11-7-4-8-12-29/h3-14,19-24,31-32H,2,15-18,25H2,1H3,(H,48,51,53)/b35-19+/t31-,32-/m1/s1. The highest BCUT2D eigenvalue weighted by Gasteiger charge is 2.40. The van der Waals surface area contributed by atoms with Crippen LogP contribution in [0.25, 0.3) is 6.08 Å². The van der Waals surface area contributed by atoms with Crippen LogP contribution in [0.4, 0.5) is 16.2 Å². The monoisotopic (exact) mass is 791 g/mol. The Bertz CT molecular complexity index is 2280. The van der Waals surface area contributed by atoms with Crippen LogP contribution in [0.5, 0.6) is 11.5 Å². The summed E-state index contributed by atoms with van der Waals surface area (Å²) in [6.45, 7) is 4.05. The molecule has 0 aliphatic carbocycles. The second-order valence-electron chi connectivity index (χ2n) is 13.7. The zero-order valence-electron chi connectivity index (χ0n) is 29.9. The topological polar surface area (TPSA) is 88.2 Å². The summed E-state index contributed by atoms with van der Waals surface area (Å²) in [6, 6.07) is 32.1. The number of hydrogen-bond donors (Lipinski definition) is 1. The highest BCUT2D eigenvalue weighted by molar-refractivity contribution is 6.42. The molecule has 5 aromatic carbocycles. The molecular weight excluding hydrogens is 757 g/mol. The first-order valence-electron chi connectivity index (χ1n) is 18.2. The van der Waals surface area contributed by atoms with Crippen molar-refractivity contribution in [3.8, 4) is 11.5 Å². The Kier molecular flexibility index (Phi) is 10.3. The quantitative estimate of drug-likeness (QED) is 0.118. The summed E-state index contributed by atoms with van der Waals surface area (Å²) in [5.41, 5.74) is 6.95. The molecule has 55 heavy (non-hydrogen) atoms. The van der Waals surface area contributed by atoms with E-state index in [0.29, 0.717) is 33.7 Å². The number of rotatable bonds is 9. The maximum absolute atomic E-state index is 14.4. The van der Waals surface area contributed by atoms with Gasteiger partial charge in [-0.1, -0.05) is 102 Å². The number of benzene rings is 5. The summed E-state index contributed by atoms with van der Waals surface area (Å²) >= 11 is 19.0. The first-order chi connectivity index (χ1) is 26.7. The lowest BCUT2D eigenvalue weighted by Crippen LogP contribution is -2.54. The third-order valence-corrected chi connectivity index (χ3v) is 11.4. The Morgan fingerprint density at radius 3 is 1.98 bits per heavy atom. The molecule has 3 heterocycles. The molecule has 0 aromatic heterocycles. The van der Waals surface area contributed by atoms with E-state index in [0.717, 1.165) is 53.2 Å². The normalized spacial score (nSPS) is 18.6. The minimum absolute atomic E-state index is 0.0526. The Morgan fingerprint density at radius 1 is 0.745 bits per heavy atom. The molecule has 2 atom stereocenters. The lowest BCUT2D eigenvalue weighted by atomic mass is 9.76. The van der Waals surface area contributed by atoms with Crippen LogP contribution in [0, 0.1) is 0 Å². The van der Waals surface area contributed by atoms with Crippen molar-refractivity contribution >= 4 is 70.1 Å². The Labute approximate surface area is 334 Å². The average Bonchev–Trinajstić information content (AvgIpc) is 3.18. The SMILES string of the molecule is CCOc1cc(/C=C2\C(=O)NC(=O)N(c3cc4c5c(c3)[C@@H](c3ccccc3)CCN5CC[C@@H]4c3ccccc3)C2=O)cc(Cl)c1OCc1ccc(Cl)c(Cl)c1. The summed E-state index contributed by atoms with van der Waals surface area (Å²) in [6.07, 6.45) is 3.18. The van der Waals surface area contributed by atoms with Crippen molar-refractivity contribution in [2.75, 3.05) is 29.5 Å². The van der Waals surface area contributed by atoms with Gasteiger partial charge in [-0.25, -0.2) is 9.69 Å². The number of nitrogens with one attached hydrogen (secondary N) is 1. The van der Waals surface area contributed by atoms with E-state index >= 15 is 0 Å². The number of nitrogens with zero attached hydrogens (tertiary/aromatic N) is 2. The van der Waals surface area contributed by atoms with Crippen LogP contribution in [0.15, 0.2) is 109 Å². The number of ether oxygens (including phenoxy) is 2. The lowest BCUT2D eigenvalue weighted by molar-refractivity contribution is -0.122. The fraction of sp³-hybridized carbons (Fsp3) is 0.205. The third-order valence-electron chi connectivity index (χ3n) is 10.4. The van der Waals surface area contributed by atoms with E-state index in [9.17, 15) is 14.4 Å². The second kappa shape index (κ2) is 15.5. The number of carbonyl (C=O) groups is 3. The van der Waals surface area contributed by atoms with Crippen LogP contribution in [-0.4, -0.2) is 37.5 Å². The van der Waals surface area contributed by atoms with Crippen molar-refractivity contribution in [2.24, 2.45) is 0 Å². The molecule has 8 nitrogen and oxygen atoms in total. The fourth-order valence-electron chi connectivity index (χ4n) is 7.89. The van der Waals surface area contributed by atoms with Gasteiger partial charge in [0.1, 0.15) is 12.2 Å². The first-order valence-corrected chi connectivity index (χ1v) is 19.3. The molecule has 8 rings (SSSR count). The van der Waals surface area contributed by atoms with Crippen LogP contribution in [0.1, 0.15) is 65.0 Å². The molecule has 1 fully saturated rings. The Balaban J connectivity index is 1.18. The third kappa shape index (κ3) is 7.18. The lowest BCUT2D eigenvalue weighted by Gasteiger charge is -2.44. The van der Waals surface area contributed by atoms with Gasteiger partial charge in [0.2, 0.25) is 0 Å². The number of halogens is 3. The van der Waals surface area contributed by atoms with Gasteiger partial charge in [-0.3, -0.25) is 14.9 Å². The van der Waals surface area contributed by atoms with Gasteiger partial charge in [-0.15, -0.1) is 0 Å². The van der Waals surface area contributed by atoms with Gasteiger partial charge in [0, 0.05) is 30.6 Å². The molecule has 1 N–H and O–H groups in total. The van der Waals surface area contributed by atoms with Crippen LogP contribution in [0.3, 0.4) is 0 Å². The number of amides is 4. The number of hydrogen-bond acceptors (Lipinski definition) is 6. The molecule has 278 valence electrons.